The van der Waals surface area contributed by atoms with Crippen LogP contribution in [0.1, 0.15) is 5.56 Å². The Bertz CT molecular complexity index is 999. The van der Waals surface area contributed by atoms with Crippen LogP contribution in [0.15, 0.2) is 64.2 Å². The van der Waals surface area contributed by atoms with Crippen molar-refractivity contribution in [2.75, 3.05) is 0 Å². The summed E-state index contributed by atoms with van der Waals surface area (Å²) in [6.07, 6.45) is -2.36. The van der Waals surface area contributed by atoms with E-state index in [1.54, 1.807) is 30.3 Å². The van der Waals surface area contributed by atoms with Crippen molar-refractivity contribution in [3.05, 3.63) is 60.5 Å². The third-order valence-electron chi connectivity index (χ3n) is 3.48. The van der Waals surface area contributed by atoms with Gasteiger partial charge in [0.25, 0.3) is 0 Å². The van der Waals surface area contributed by atoms with Crippen LogP contribution in [0.2, 0.25) is 0 Å². The molecule has 0 fully saturated rings. The van der Waals surface area contributed by atoms with Crippen LogP contribution in [0, 0.1) is 0 Å². The number of benzene rings is 2. The molecule has 2 aromatic carbocycles. The minimum atomic E-state index is -4.90. The van der Waals surface area contributed by atoms with Gasteiger partial charge in [-0.05, 0) is 23.3 Å². The predicted octanol–water partition coefficient (Wildman–Crippen LogP) is 3.67. The summed E-state index contributed by atoms with van der Waals surface area (Å²) in [4.78, 5) is 2.87. The van der Waals surface area contributed by atoms with Gasteiger partial charge in [-0.15, -0.1) is 0 Å². The second-order valence-corrected chi connectivity index (χ2v) is 6.67. The van der Waals surface area contributed by atoms with E-state index in [-0.39, 0.29) is 17.0 Å². The zero-order valence-corrected chi connectivity index (χ0v) is 13.3. The zero-order chi connectivity index (χ0) is 18.2. The Morgan fingerprint density at radius 3 is 2.24 bits per heavy atom. The van der Waals surface area contributed by atoms with Gasteiger partial charge in [-0.1, -0.05) is 30.3 Å². The maximum Gasteiger partial charge on any atom is 0.417 e. The van der Waals surface area contributed by atoms with Gasteiger partial charge in [0.2, 0.25) is 15.9 Å². The van der Waals surface area contributed by atoms with Crippen LogP contribution < -0.4 is 5.14 Å². The Kier molecular flexibility index (Phi) is 4.13. The summed E-state index contributed by atoms with van der Waals surface area (Å²) < 4.78 is 68.7. The molecule has 3 aromatic rings. The first-order valence-corrected chi connectivity index (χ1v) is 8.46. The van der Waals surface area contributed by atoms with Gasteiger partial charge in [-0.3, -0.25) is 0 Å². The van der Waals surface area contributed by atoms with Gasteiger partial charge >= 0.3 is 6.18 Å². The van der Waals surface area contributed by atoms with Crippen molar-refractivity contribution in [1.82, 2.24) is 4.98 Å². The molecule has 0 unspecified atom stereocenters. The lowest BCUT2D eigenvalue weighted by molar-refractivity contribution is -0.139. The summed E-state index contributed by atoms with van der Waals surface area (Å²) in [6, 6.07) is 9.78. The summed E-state index contributed by atoms with van der Waals surface area (Å²) in [5, 5.41) is 4.99. The highest BCUT2D eigenvalue weighted by Crippen LogP contribution is 2.41. The Hall–Kier alpha value is -2.65. The van der Waals surface area contributed by atoms with Crippen LogP contribution in [0.3, 0.4) is 0 Å². The second-order valence-electron chi connectivity index (χ2n) is 5.14. The third-order valence-corrected chi connectivity index (χ3v) is 4.43. The standard InChI is InChI=1S/C16H11F3N2O3S/c17-16(18,19)13-8-11(10-4-2-1-3-5-10)12(15-21-6-7-24-15)9-14(13)25(20,22)23/h1-9H,(H2,20,22,23). The maximum atomic E-state index is 13.4. The summed E-state index contributed by atoms with van der Waals surface area (Å²) in [5.41, 5.74) is -0.678. The quantitative estimate of drug-likeness (QED) is 0.764. The van der Waals surface area contributed by atoms with Gasteiger partial charge in [0.15, 0.2) is 0 Å². The average Bonchev–Trinajstić information content (AvgIpc) is 3.07. The number of halogens is 3. The number of sulfonamides is 1. The highest BCUT2D eigenvalue weighted by atomic mass is 32.2. The predicted molar refractivity (Wildman–Crippen MR) is 83.8 cm³/mol. The minimum Gasteiger partial charge on any atom is -0.445 e. The van der Waals surface area contributed by atoms with E-state index in [0.717, 1.165) is 12.1 Å². The van der Waals surface area contributed by atoms with Crippen LogP contribution in [-0.2, 0) is 16.2 Å². The molecule has 0 aliphatic carbocycles. The molecular weight excluding hydrogens is 357 g/mol. The summed E-state index contributed by atoms with van der Waals surface area (Å²) in [5.74, 6) is -0.0162. The van der Waals surface area contributed by atoms with Crippen molar-refractivity contribution in [2.24, 2.45) is 5.14 Å². The largest absolute Gasteiger partial charge is 0.445 e. The summed E-state index contributed by atoms with van der Waals surface area (Å²) >= 11 is 0. The number of aromatic nitrogens is 1. The smallest absolute Gasteiger partial charge is 0.417 e. The number of hydrogen-bond acceptors (Lipinski definition) is 4. The molecule has 0 atom stereocenters. The molecule has 130 valence electrons. The van der Waals surface area contributed by atoms with Crippen molar-refractivity contribution < 1.29 is 26.0 Å². The van der Waals surface area contributed by atoms with E-state index < -0.39 is 26.7 Å². The fourth-order valence-corrected chi connectivity index (χ4v) is 3.19. The average molecular weight is 368 g/mol. The Morgan fingerprint density at radius 2 is 1.72 bits per heavy atom. The molecule has 0 saturated heterocycles. The highest BCUT2D eigenvalue weighted by Gasteiger charge is 2.38. The number of primary sulfonamides is 1. The SMILES string of the molecule is NS(=O)(=O)c1cc(-c2ncco2)c(-c2ccccc2)cc1C(F)(F)F. The lowest BCUT2D eigenvalue weighted by Crippen LogP contribution is -2.19. The number of alkyl halides is 3. The molecule has 25 heavy (non-hydrogen) atoms. The molecule has 0 amide bonds. The van der Waals surface area contributed by atoms with Crippen LogP contribution in [0.5, 0.6) is 0 Å². The monoisotopic (exact) mass is 368 g/mol. The van der Waals surface area contributed by atoms with Gasteiger partial charge in [0, 0.05) is 5.56 Å². The molecule has 0 bridgehead atoms. The number of hydrogen-bond donors (Lipinski definition) is 1. The van der Waals surface area contributed by atoms with E-state index in [1.165, 1.54) is 12.5 Å². The molecule has 1 heterocycles. The number of oxazole rings is 1. The van der Waals surface area contributed by atoms with Crippen LogP contribution in [0.25, 0.3) is 22.6 Å². The Balaban J connectivity index is 2.41. The lowest BCUT2D eigenvalue weighted by atomic mass is 9.96. The first-order valence-electron chi connectivity index (χ1n) is 6.91. The normalized spacial score (nSPS) is 12.3. The van der Waals surface area contributed by atoms with Crippen molar-refractivity contribution >= 4 is 10.0 Å². The van der Waals surface area contributed by atoms with Crippen LogP contribution >= 0.6 is 0 Å². The molecular formula is C16H11F3N2O3S. The zero-order valence-electron chi connectivity index (χ0n) is 12.5. The molecule has 5 nitrogen and oxygen atoms in total. The van der Waals surface area contributed by atoms with Gasteiger partial charge in [0.05, 0.1) is 16.7 Å². The third kappa shape index (κ3) is 3.42. The summed E-state index contributed by atoms with van der Waals surface area (Å²) in [7, 11) is -4.62. The molecule has 3 rings (SSSR count). The van der Waals surface area contributed by atoms with E-state index >= 15 is 0 Å². The van der Waals surface area contributed by atoms with E-state index in [4.69, 9.17) is 9.56 Å². The Labute approximate surface area is 141 Å². The van der Waals surface area contributed by atoms with E-state index in [9.17, 15) is 21.6 Å². The molecule has 0 saturated carbocycles. The Morgan fingerprint density at radius 1 is 1.04 bits per heavy atom. The molecule has 1 aromatic heterocycles. The van der Waals surface area contributed by atoms with E-state index in [1.807, 2.05) is 0 Å². The van der Waals surface area contributed by atoms with Crippen molar-refractivity contribution in [2.45, 2.75) is 11.1 Å². The molecule has 0 aliphatic rings. The first-order chi connectivity index (χ1) is 11.7. The van der Waals surface area contributed by atoms with Crippen molar-refractivity contribution in [3.63, 3.8) is 0 Å². The molecule has 9 heteroatoms. The lowest BCUT2D eigenvalue weighted by Gasteiger charge is -2.16. The van der Waals surface area contributed by atoms with E-state index in [2.05, 4.69) is 4.98 Å². The molecule has 0 aliphatic heterocycles. The van der Waals surface area contributed by atoms with Gasteiger partial charge in [-0.25, -0.2) is 18.5 Å². The molecule has 0 radical (unpaired) electrons. The fraction of sp³-hybridized carbons (Fsp3) is 0.0625. The van der Waals surface area contributed by atoms with E-state index in [0.29, 0.717) is 5.56 Å². The molecule has 2 N–H and O–H groups in total. The van der Waals surface area contributed by atoms with Crippen LogP contribution in [0.4, 0.5) is 13.2 Å². The van der Waals surface area contributed by atoms with Gasteiger partial charge in [0.1, 0.15) is 6.26 Å². The summed E-state index contributed by atoms with van der Waals surface area (Å²) in [6.45, 7) is 0. The van der Waals surface area contributed by atoms with Crippen molar-refractivity contribution in [1.29, 1.82) is 0 Å². The molecule has 0 spiro atoms. The van der Waals surface area contributed by atoms with Crippen LogP contribution in [-0.4, -0.2) is 13.4 Å². The number of nitrogens with zero attached hydrogens (tertiary/aromatic N) is 1. The van der Waals surface area contributed by atoms with Gasteiger partial charge < -0.3 is 4.42 Å². The maximum absolute atomic E-state index is 13.4. The second kappa shape index (κ2) is 6.01. The number of nitrogens with two attached hydrogens (primary N) is 1. The first kappa shape index (κ1) is 17.2. The minimum absolute atomic E-state index is 0.0162. The topological polar surface area (TPSA) is 86.2 Å². The number of rotatable bonds is 3. The van der Waals surface area contributed by atoms with Gasteiger partial charge in [-0.2, -0.15) is 13.2 Å². The highest BCUT2D eigenvalue weighted by molar-refractivity contribution is 7.89. The fourth-order valence-electron chi connectivity index (χ4n) is 2.43. The van der Waals surface area contributed by atoms with Crippen molar-refractivity contribution in [3.8, 4) is 22.6 Å².